The van der Waals surface area contributed by atoms with E-state index in [9.17, 15) is 9.18 Å². The summed E-state index contributed by atoms with van der Waals surface area (Å²) in [5.74, 6) is -0.000817. The van der Waals surface area contributed by atoms with Crippen molar-refractivity contribution in [2.45, 2.75) is 26.2 Å². The second kappa shape index (κ2) is 5.63. The van der Waals surface area contributed by atoms with Gasteiger partial charge in [-0.15, -0.1) is 0 Å². The third-order valence-electron chi connectivity index (χ3n) is 3.02. The molecule has 4 nitrogen and oxygen atoms in total. The first kappa shape index (κ1) is 14.5. The Morgan fingerprint density at radius 3 is 2.70 bits per heavy atom. The lowest BCUT2D eigenvalue weighted by atomic mass is 10.1. The predicted octanol–water partition coefficient (Wildman–Crippen LogP) is 2.86. The Bertz CT molecular complexity index is 677. The zero-order chi connectivity index (χ0) is 14.9. The minimum Gasteiger partial charge on any atom is -0.383 e. The molecule has 3 N–H and O–H groups in total. The highest BCUT2D eigenvalue weighted by molar-refractivity contribution is 6.31. The second-order valence-electron chi connectivity index (χ2n) is 4.84. The highest BCUT2D eigenvalue weighted by Gasteiger charge is 2.14. The number of nitrogen functional groups attached to an aromatic ring is 1. The molecule has 106 valence electrons. The Morgan fingerprint density at radius 1 is 1.45 bits per heavy atom. The molecule has 20 heavy (non-hydrogen) atoms. The number of hydrogen-bond acceptors (Lipinski definition) is 3. The van der Waals surface area contributed by atoms with Gasteiger partial charge in [-0.25, -0.2) is 9.37 Å². The Balaban J connectivity index is 2.43. The molecule has 0 aliphatic rings. The van der Waals surface area contributed by atoms with E-state index in [0.717, 1.165) is 0 Å². The summed E-state index contributed by atoms with van der Waals surface area (Å²) < 4.78 is 13.7. The van der Waals surface area contributed by atoms with Crippen molar-refractivity contribution in [2.75, 3.05) is 5.73 Å². The quantitative estimate of drug-likeness (QED) is 0.914. The van der Waals surface area contributed by atoms with E-state index in [0.29, 0.717) is 16.4 Å². The molecule has 6 heteroatoms. The predicted molar refractivity (Wildman–Crippen MR) is 77.6 cm³/mol. The van der Waals surface area contributed by atoms with Crippen LogP contribution in [0.1, 0.15) is 36.7 Å². The van der Waals surface area contributed by atoms with Crippen LogP contribution in [-0.2, 0) is 6.42 Å². The number of anilines is 1. The van der Waals surface area contributed by atoms with Gasteiger partial charge in [-0.1, -0.05) is 31.5 Å². The zero-order valence-corrected chi connectivity index (χ0v) is 12.0. The van der Waals surface area contributed by atoms with E-state index in [1.807, 2.05) is 13.8 Å². The van der Waals surface area contributed by atoms with E-state index >= 15 is 0 Å². The Kier molecular flexibility index (Phi) is 4.09. The lowest BCUT2D eigenvalue weighted by Crippen LogP contribution is -2.21. The number of nitrogens with one attached hydrogen (secondary N) is 1. The summed E-state index contributed by atoms with van der Waals surface area (Å²) in [6.07, 6.45) is 0.0866. The van der Waals surface area contributed by atoms with Crippen LogP contribution in [0.2, 0.25) is 5.02 Å². The number of rotatable bonds is 3. The van der Waals surface area contributed by atoms with Gasteiger partial charge in [0.2, 0.25) is 0 Å². The van der Waals surface area contributed by atoms with Crippen LogP contribution in [0, 0.1) is 5.82 Å². The molecule has 0 saturated heterocycles. The largest absolute Gasteiger partial charge is 0.383 e. The van der Waals surface area contributed by atoms with E-state index in [-0.39, 0.29) is 29.3 Å². The van der Waals surface area contributed by atoms with Crippen LogP contribution < -0.4 is 11.3 Å². The first-order valence-electron chi connectivity index (χ1n) is 6.21. The summed E-state index contributed by atoms with van der Waals surface area (Å²) in [6.45, 7) is 3.71. The molecule has 2 aromatic rings. The van der Waals surface area contributed by atoms with Gasteiger partial charge in [0.1, 0.15) is 17.5 Å². The molecular weight excluding hydrogens is 281 g/mol. The van der Waals surface area contributed by atoms with Crippen molar-refractivity contribution in [1.82, 2.24) is 9.97 Å². The van der Waals surface area contributed by atoms with Crippen molar-refractivity contribution in [3.8, 4) is 0 Å². The SMILES string of the molecule is CC(C)c1c(N)nc(Cc2c(F)cccc2Cl)[nH]c1=O. The number of benzene rings is 1. The topological polar surface area (TPSA) is 71.8 Å². The van der Waals surface area contributed by atoms with E-state index in [4.69, 9.17) is 17.3 Å². The maximum atomic E-state index is 13.7. The summed E-state index contributed by atoms with van der Waals surface area (Å²) >= 11 is 5.95. The fourth-order valence-electron chi connectivity index (χ4n) is 2.06. The van der Waals surface area contributed by atoms with Gasteiger partial charge in [-0.3, -0.25) is 4.79 Å². The van der Waals surface area contributed by atoms with E-state index in [2.05, 4.69) is 9.97 Å². The van der Waals surface area contributed by atoms with Gasteiger partial charge in [-0.2, -0.15) is 0 Å². The molecule has 0 aliphatic carbocycles. The van der Waals surface area contributed by atoms with Crippen LogP contribution in [0.5, 0.6) is 0 Å². The molecule has 0 spiro atoms. The molecule has 1 heterocycles. The highest BCUT2D eigenvalue weighted by atomic mass is 35.5. The van der Waals surface area contributed by atoms with Crippen molar-refractivity contribution in [3.05, 3.63) is 56.3 Å². The average molecular weight is 296 g/mol. The lowest BCUT2D eigenvalue weighted by molar-refractivity contribution is 0.612. The van der Waals surface area contributed by atoms with Gasteiger partial charge in [0.05, 0.1) is 5.56 Å². The molecule has 1 aromatic carbocycles. The number of aromatic amines is 1. The second-order valence-corrected chi connectivity index (χ2v) is 5.25. The summed E-state index contributed by atoms with van der Waals surface area (Å²) in [7, 11) is 0. The first-order chi connectivity index (χ1) is 9.40. The maximum absolute atomic E-state index is 13.7. The van der Waals surface area contributed by atoms with Crippen molar-refractivity contribution < 1.29 is 4.39 Å². The van der Waals surface area contributed by atoms with Crippen LogP contribution in [-0.4, -0.2) is 9.97 Å². The lowest BCUT2D eigenvalue weighted by Gasteiger charge is -2.10. The first-order valence-corrected chi connectivity index (χ1v) is 6.59. The molecule has 1 aromatic heterocycles. The van der Waals surface area contributed by atoms with Crippen LogP contribution >= 0.6 is 11.6 Å². The van der Waals surface area contributed by atoms with Crippen molar-refractivity contribution in [1.29, 1.82) is 0 Å². The third kappa shape index (κ3) is 2.82. The van der Waals surface area contributed by atoms with E-state index in [1.54, 1.807) is 6.07 Å². The van der Waals surface area contributed by atoms with Gasteiger partial charge in [0.25, 0.3) is 5.56 Å². The average Bonchev–Trinajstić information content (AvgIpc) is 2.32. The van der Waals surface area contributed by atoms with E-state index < -0.39 is 5.82 Å². The minimum atomic E-state index is -0.438. The Hall–Kier alpha value is -1.88. The van der Waals surface area contributed by atoms with Crippen molar-refractivity contribution in [3.63, 3.8) is 0 Å². The summed E-state index contributed by atoms with van der Waals surface area (Å²) in [5, 5.41) is 0.291. The van der Waals surface area contributed by atoms with Gasteiger partial charge >= 0.3 is 0 Å². The summed E-state index contributed by atoms with van der Waals surface area (Å²) in [5.41, 5.74) is 6.22. The van der Waals surface area contributed by atoms with Gasteiger partial charge < -0.3 is 10.7 Å². The molecule has 0 unspecified atom stereocenters. The van der Waals surface area contributed by atoms with E-state index in [1.165, 1.54) is 12.1 Å². The van der Waals surface area contributed by atoms with Crippen LogP contribution in [0.15, 0.2) is 23.0 Å². The summed E-state index contributed by atoms with van der Waals surface area (Å²) in [6, 6.07) is 4.42. The number of aromatic nitrogens is 2. The smallest absolute Gasteiger partial charge is 0.256 e. The maximum Gasteiger partial charge on any atom is 0.256 e. The monoisotopic (exact) mass is 295 g/mol. The molecule has 0 aliphatic heterocycles. The molecule has 0 bridgehead atoms. The zero-order valence-electron chi connectivity index (χ0n) is 11.2. The van der Waals surface area contributed by atoms with Crippen LogP contribution in [0.25, 0.3) is 0 Å². The molecule has 0 fully saturated rings. The van der Waals surface area contributed by atoms with Crippen LogP contribution in [0.4, 0.5) is 10.2 Å². The van der Waals surface area contributed by atoms with Crippen molar-refractivity contribution in [2.24, 2.45) is 0 Å². The fourth-order valence-corrected chi connectivity index (χ4v) is 2.29. The number of hydrogen-bond donors (Lipinski definition) is 2. The molecule has 2 rings (SSSR count). The number of nitrogens with two attached hydrogens (primary N) is 1. The highest BCUT2D eigenvalue weighted by Crippen LogP contribution is 2.22. The Morgan fingerprint density at radius 2 is 2.15 bits per heavy atom. The van der Waals surface area contributed by atoms with Gasteiger partial charge in [-0.05, 0) is 18.1 Å². The third-order valence-corrected chi connectivity index (χ3v) is 3.37. The van der Waals surface area contributed by atoms with Gasteiger partial charge in [0, 0.05) is 17.0 Å². The molecular formula is C14H15ClFN3O. The van der Waals surface area contributed by atoms with Crippen molar-refractivity contribution >= 4 is 17.4 Å². The molecule has 0 amide bonds. The normalized spacial score (nSPS) is 11.1. The minimum absolute atomic E-state index is 0.0302. The molecule has 0 radical (unpaired) electrons. The standard InChI is InChI=1S/C14H15ClFN3O/c1-7(2)12-13(17)18-11(19-14(12)20)6-8-9(15)4-3-5-10(8)16/h3-5,7H,6H2,1-2H3,(H3,17,18,19,20). The Labute approximate surface area is 120 Å². The molecule has 0 atom stereocenters. The van der Waals surface area contributed by atoms with Crippen LogP contribution in [0.3, 0.4) is 0 Å². The summed E-state index contributed by atoms with van der Waals surface area (Å²) in [4.78, 5) is 18.7. The number of halogens is 2. The van der Waals surface area contributed by atoms with Gasteiger partial charge in [0.15, 0.2) is 0 Å². The molecule has 0 saturated carbocycles. The number of H-pyrrole nitrogens is 1. The fraction of sp³-hybridized carbons (Fsp3) is 0.286. The number of nitrogens with zero attached hydrogens (tertiary/aromatic N) is 1.